The Labute approximate surface area is 129 Å². The molecule has 0 bridgehead atoms. The summed E-state index contributed by atoms with van der Waals surface area (Å²) in [6.45, 7) is 0. The third-order valence-electron chi connectivity index (χ3n) is 3.10. The number of benzene rings is 1. The minimum atomic E-state index is 0.584. The minimum absolute atomic E-state index is 0.584. The number of pyridine rings is 1. The van der Waals surface area contributed by atoms with E-state index < -0.39 is 0 Å². The maximum Gasteiger partial charge on any atom is 0.164 e. The molecule has 0 atom stereocenters. The summed E-state index contributed by atoms with van der Waals surface area (Å²) in [4.78, 5) is 13.5. The molecule has 3 heterocycles. The molecule has 104 valence electrons. The smallest absolute Gasteiger partial charge is 0.164 e. The summed E-state index contributed by atoms with van der Waals surface area (Å²) >= 11 is 7.45. The molecule has 0 amide bonds. The second kappa shape index (κ2) is 4.75. The van der Waals surface area contributed by atoms with Gasteiger partial charge in [0.2, 0.25) is 0 Å². The van der Waals surface area contributed by atoms with Crippen molar-refractivity contribution in [2.45, 2.75) is 10.1 Å². The molecule has 1 aliphatic rings. The molecule has 0 saturated carbocycles. The Morgan fingerprint density at radius 3 is 2.90 bits per heavy atom. The first-order valence-corrected chi connectivity index (χ1v) is 7.38. The molecular formula is C14H9ClN4OS. The van der Waals surface area contributed by atoms with Crippen molar-refractivity contribution in [3.8, 4) is 5.75 Å². The molecule has 4 rings (SSSR count). The second-order valence-electron chi connectivity index (χ2n) is 4.47. The maximum atomic E-state index is 5.97. The fraction of sp³-hybridized carbons (Fsp3) is 0.0714. The SMILES string of the molecule is COc1ccc2nc3c(nc2c1)Nc1cc(Cl)cnc1S3. The van der Waals surface area contributed by atoms with Gasteiger partial charge in [0.05, 0.1) is 28.9 Å². The summed E-state index contributed by atoms with van der Waals surface area (Å²) in [5, 5.41) is 5.46. The van der Waals surface area contributed by atoms with E-state index in [2.05, 4.69) is 20.3 Å². The summed E-state index contributed by atoms with van der Waals surface area (Å²) in [5.41, 5.74) is 2.44. The topological polar surface area (TPSA) is 59.9 Å². The van der Waals surface area contributed by atoms with Crippen molar-refractivity contribution < 1.29 is 4.74 Å². The van der Waals surface area contributed by atoms with Gasteiger partial charge in [-0.1, -0.05) is 11.6 Å². The summed E-state index contributed by atoms with van der Waals surface area (Å²) < 4.78 is 5.22. The molecule has 0 aliphatic carbocycles. The van der Waals surface area contributed by atoms with E-state index in [-0.39, 0.29) is 0 Å². The predicted molar refractivity (Wildman–Crippen MR) is 82.7 cm³/mol. The van der Waals surface area contributed by atoms with Gasteiger partial charge in [-0.05, 0) is 30.0 Å². The second-order valence-corrected chi connectivity index (χ2v) is 5.88. The fourth-order valence-corrected chi connectivity index (χ4v) is 3.12. The highest BCUT2D eigenvalue weighted by Gasteiger charge is 2.20. The van der Waals surface area contributed by atoms with E-state index in [1.807, 2.05) is 24.3 Å². The van der Waals surface area contributed by atoms with Crippen LogP contribution < -0.4 is 10.1 Å². The Hall–Kier alpha value is -2.05. The van der Waals surface area contributed by atoms with E-state index in [9.17, 15) is 0 Å². The Morgan fingerprint density at radius 1 is 1.14 bits per heavy atom. The summed E-state index contributed by atoms with van der Waals surface area (Å²) in [6.07, 6.45) is 1.62. The van der Waals surface area contributed by atoms with Gasteiger partial charge in [0, 0.05) is 12.3 Å². The highest BCUT2D eigenvalue weighted by atomic mass is 35.5. The number of methoxy groups -OCH3 is 1. The van der Waals surface area contributed by atoms with Crippen molar-refractivity contribution in [1.29, 1.82) is 0 Å². The van der Waals surface area contributed by atoms with E-state index in [1.54, 1.807) is 13.3 Å². The molecule has 0 radical (unpaired) electrons. The lowest BCUT2D eigenvalue weighted by Gasteiger charge is -2.18. The van der Waals surface area contributed by atoms with E-state index in [4.69, 9.17) is 16.3 Å². The van der Waals surface area contributed by atoms with Gasteiger partial charge in [-0.25, -0.2) is 15.0 Å². The van der Waals surface area contributed by atoms with Gasteiger partial charge in [0.25, 0.3) is 0 Å². The molecule has 0 fully saturated rings. The molecule has 0 spiro atoms. The number of nitrogens with one attached hydrogen (secondary N) is 1. The van der Waals surface area contributed by atoms with Gasteiger partial charge in [0.1, 0.15) is 15.8 Å². The van der Waals surface area contributed by atoms with Gasteiger partial charge >= 0.3 is 0 Å². The van der Waals surface area contributed by atoms with Crippen molar-refractivity contribution in [1.82, 2.24) is 15.0 Å². The molecule has 7 heteroatoms. The first kappa shape index (κ1) is 12.7. The quantitative estimate of drug-likeness (QED) is 0.575. The van der Waals surface area contributed by atoms with Crippen LogP contribution in [0.25, 0.3) is 11.0 Å². The number of fused-ring (bicyclic) bond motifs is 3. The number of rotatable bonds is 1. The predicted octanol–water partition coefficient (Wildman–Crippen LogP) is 3.90. The van der Waals surface area contributed by atoms with E-state index in [1.165, 1.54) is 11.8 Å². The number of hydrogen-bond donors (Lipinski definition) is 1. The van der Waals surface area contributed by atoms with Crippen molar-refractivity contribution in [2.24, 2.45) is 0 Å². The van der Waals surface area contributed by atoms with Crippen molar-refractivity contribution in [2.75, 3.05) is 12.4 Å². The monoisotopic (exact) mass is 316 g/mol. The zero-order valence-corrected chi connectivity index (χ0v) is 12.5. The van der Waals surface area contributed by atoms with E-state index >= 15 is 0 Å². The molecule has 1 aliphatic heterocycles. The number of aromatic nitrogens is 3. The van der Waals surface area contributed by atoms with Crippen LogP contribution in [-0.4, -0.2) is 22.1 Å². The molecule has 1 aromatic carbocycles. The third-order valence-corrected chi connectivity index (χ3v) is 4.31. The van der Waals surface area contributed by atoms with Crippen LogP contribution in [0.5, 0.6) is 5.75 Å². The van der Waals surface area contributed by atoms with Crippen LogP contribution in [0.4, 0.5) is 11.5 Å². The van der Waals surface area contributed by atoms with E-state index in [0.717, 1.165) is 32.5 Å². The number of ether oxygens (including phenoxy) is 1. The van der Waals surface area contributed by atoms with Crippen LogP contribution in [0.3, 0.4) is 0 Å². The lowest BCUT2D eigenvalue weighted by atomic mass is 10.3. The Morgan fingerprint density at radius 2 is 2.05 bits per heavy atom. The van der Waals surface area contributed by atoms with Gasteiger partial charge in [-0.2, -0.15) is 0 Å². The first-order chi connectivity index (χ1) is 10.2. The van der Waals surface area contributed by atoms with Crippen molar-refractivity contribution >= 4 is 45.9 Å². The Bertz CT molecular complexity index is 871. The number of hydrogen-bond acceptors (Lipinski definition) is 6. The molecule has 0 saturated heterocycles. The van der Waals surface area contributed by atoms with Gasteiger partial charge in [-0.3, -0.25) is 0 Å². The van der Waals surface area contributed by atoms with Crippen LogP contribution in [-0.2, 0) is 0 Å². The molecular weight excluding hydrogens is 308 g/mol. The lowest BCUT2D eigenvalue weighted by Crippen LogP contribution is -2.05. The van der Waals surface area contributed by atoms with Crippen LogP contribution in [0.15, 0.2) is 40.5 Å². The van der Waals surface area contributed by atoms with Gasteiger partial charge in [-0.15, -0.1) is 0 Å². The average molecular weight is 317 g/mol. The first-order valence-electron chi connectivity index (χ1n) is 6.19. The Kier molecular flexibility index (Phi) is 2.87. The zero-order chi connectivity index (χ0) is 14.4. The van der Waals surface area contributed by atoms with Crippen LogP contribution in [0.1, 0.15) is 0 Å². The summed E-state index contributed by atoms with van der Waals surface area (Å²) in [6, 6.07) is 7.46. The molecule has 0 unspecified atom stereocenters. The molecule has 21 heavy (non-hydrogen) atoms. The van der Waals surface area contributed by atoms with Gasteiger partial charge in [0.15, 0.2) is 5.82 Å². The highest BCUT2D eigenvalue weighted by molar-refractivity contribution is 7.99. The molecule has 2 aromatic heterocycles. The van der Waals surface area contributed by atoms with Crippen LogP contribution in [0.2, 0.25) is 5.02 Å². The van der Waals surface area contributed by atoms with Crippen LogP contribution >= 0.6 is 23.4 Å². The third kappa shape index (κ3) is 2.16. The standard InChI is InChI=1S/C14H9ClN4OS/c1-20-8-2-3-9-10(5-8)17-12-14(19-9)21-13-11(18-12)4-7(15)6-16-13/h2-6H,1H3,(H,17,18). The maximum absolute atomic E-state index is 5.97. The number of nitrogens with zero attached hydrogens (tertiary/aromatic N) is 3. The molecule has 3 aromatic rings. The molecule has 1 N–H and O–H groups in total. The van der Waals surface area contributed by atoms with Gasteiger partial charge < -0.3 is 10.1 Å². The van der Waals surface area contributed by atoms with Crippen molar-refractivity contribution in [3.05, 3.63) is 35.5 Å². The zero-order valence-electron chi connectivity index (χ0n) is 10.9. The summed E-state index contributed by atoms with van der Waals surface area (Å²) in [7, 11) is 1.63. The molecule has 5 nitrogen and oxygen atoms in total. The minimum Gasteiger partial charge on any atom is -0.497 e. The average Bonchev–Trinajstić information content (AvgIpc) is 2.50. The lowest BCUT2D eigenvalue weighted by molar-refractivity contribution is 0.415. The largest absolute Gasteiger partial charge is 0.497 e. The Balaban J connectivity index is 1.85. The fourth-order valence-electron chi connectivity index (χ4n) is 2.11. The van der Waals surface area contributed by atoms with E-state index in [0.29, 0.717) is 10.8 Å². The summed E-state index contributed by atoms with van der Waals surface area (Å²) in [5.74, 6) is 1.46. The number of halogens is 1. The normalized spacial score (nSPS) is 12.5. The number of anilines is 2. The highest BCUT2D eigenvalue weighted by Crippen LogP contribution is 2.42. The van der Waals surface area contributed by atoms with Crippen LogP contribution in [0, 0.1) is 0 Å². The van der Waals surface area contributed by atoms with Crippen molar-refractivity contribution in [3.63, 3.8) is 0 Å².